The molecule has 0 fully saturated rings. The van der Waals surface area contributed by atoms with Gasteiger partial charge < -0.3 is 14.7 Å². The van der Waals surface area contributed by atoms with Crippen molar-refractivity contribution in [3.8, 4) is 5.75 Å². The molecular formula is C26H29NO2. The van der Waals surface area contributed by atoms with E-state index in [1.165, 1.54) is 0 Å². The fourth-order valence-electron chi connectivity index (χ4n) is 3.35. The van der Waals surface area contributed by atoms with Gasteiger partial charge in [0.2, 0.25) is 0 Å². The minimum Gasteiger partial charge on any atom is -0.492 e. The molecule has 0 saturated heterocycles. The van der Waals surface area contributed by atoms with Gasteiger partial charge in [0.05, 0.1) is 0 Å². The Labute approximate surface area is 173 Å². The topological polar surface area (TPSA) is 32.7 Å². The SMILES string of the molecule is CN(C)CCOc1ccc(/C(=C(\CCO)c2ccccc2)c2ccccc2)cc1. The largest absolute Gasteiger partial charge is 0.492 e. The summed E-state index contributed by atoms with van der Waals surface area (Å²) in [6, 6.07) is 28.9. The Hall–Kier alpha value is -2.88. The second-order valence-electron chi connectivity index (χ2n) is 7.24. The van der Waals surface area contributed by atoms with Crippen LogP contribution in [0.1, 0.15) is 23.1 Å². The molecule has 1 N–H and O–H groups in total. The molecule has 3 rings (SSSR count). The van der Waals surface area contributed by atoms with Gasteiger partial charge in [-0.2, -0.15) is 0 Å². The zero-order valence-corrected chi connectivity index (χ0v) is 17.2. The van der Waals surface area contributed by atoms with Crippen molar-refractivity contribution in [2.24, 2.45) is 0 Å². The van der Waals surface area contributed by atoms with E-state index in [0.717, 1.165) is 40.1 Å². The average Bonchev–Trinajstić information content (AvgIpc) is 2.75. The van der Waals surface area contributed by atoms with Crippen molar-refractivity contribution in [1.82, 2.24) is 4.90 Å². The number of hydrogen-bond acceptors (Lipinski definition) is 3. The van der Waals surface area contributed by atoms with Gasteiger partial charge in [0, 0.05) is 13.2 Å². The molecule has 0 aliphatic heterocycles. The predicted molar refractivity (Wildman–Crippen MR) is 121 cm³/mol. The summed E-state index contributed by atoms with van der Waals surface area (Å²) in [5.41, 5.74) is 5.67. The fourth-order valence-corrected chi connectivity index (χ4v) is 3.35. The van der Waals surface area contributed by atoms with E-state index >= 15 is 0 Å². The average molecular weight is 388 g/mol. The van der Waals surface area contributed by atoms with Crippen LogP contribution in [0.3, 0.4) is 0 Å². The number of hydrogen-bond donors (Lipinski definition) is 1. The molecule has 3 aromatic rings. The van der Waals surface area contributed by atoms with E-state index < -0.39 is 0 Å². The molecule has 0 bridgehead atoms. The van der Waals surface area contributed by atoms with Gasteiger partial charge in [-0.15, -0.1) is 0 Å². The number of likely N-dealkylation sites (N-methyl/N-ethyl adjacent to an activating group) is 1. The maximum Gasteiger partial charge on any atom is 0.119 e. The molecule has 0 spiro atoms. The van der Waals surface area contributed by atoms with E-state index in [1.54, 1.807) is 0 Å². The second-order valence-corrected chi connectivity index (χ2v) is 7.24. The molecule has 150 valence electrons. The van der Waals surface area contributed by atoms with Crippen molar-refractivity contribution in [2.75, 3.05) is 33.9 Å². The van der Waals surface area contributed by atoms with Crippen LogP contribution in [0.5, 0.6) is 5.75 Å². The standard InChI is InChI=1S/C26H29NO2/c1-27(2)18-20-29-24-15-13-23(14-16-24)26(22-11-7-4-8-12-22)25(17-19-28)21-9-5-3-6-10-21/h3-16,28H,17-20H2,1-2H3/b26-25+. The first-order valence-electron chi connectivity index (χ1n) is 10.0. The molecule has 0 aliphatic rings. The van der Waals surface area contributed by atoms with Gasteiger partial charge in [0.25, 0.3) is 0 Å². The molecule has 0 heterocycles. The van der Waals surface area contributed by atoms with Crippen LogP contribution in [0.2, 0.25) is 0 Å². The third-order valence-electron chi connectivity index (χ3n) is 4.80. The summed E-state index contributed by atoms with van der Waals surface area (Å²) in [5.74, 6) is 0.867. The first-order chi connectivity index (χ1) is 14.2. The molecule has 3 heteroatoms. The molecule has 3 aromatic carbocycles. The van der Waals surface area contributed by atoms with Crippen molar-refractivity contribution in [1.29, 1.82) is 0 Å². The maximum absolute atomic E-state index is 9.77. The van der Waals surface area contributed by atoms with Crippen LogP contribution in [0.4, 0.5) is 0 Å². The van der Waals surface area contributed by atoms with Crippen molar-refractivity contribution < 1.29 is 9.84 Å². The highest BCUT2D eigenvalue weighted by Crippen LogP contribution is 2.34. The monoisotopic (exact) mass is 387 g/mol. The lowest BCUT2D eigenvalue weighted by Crippen LogP contribution is -2.19. The maximum atomic E-state index is 9.77. The van der Waals surface area contributed by atoms with E-state index in [9.17, 15) is 5.11 Å². The van der Waals surface area contributed by atoms with E-state index in [4.69, 9.17) is 4.74 Å². The first-order valence-corrected chi connectivity index (χ1v) is 10.0. The number of benzene rings is 3. The fraction of sp³-hybridized carbons (Fsp3) is 0.231. The zero-order valence-electron chi connectivity index (χ0n) is 17.2. The van der Waals surface area contributed by atoms with E-state index in [0.29, 0.717) is 13.0 Å². The summed E-state index contributed by atoms with van der Waals surface area (Å²) in [4.78, 5) is 2.10. The highest BCUT2D eigenvalue weighted by molar-refractivity contribution is 5.98. The van der Waals surface area contributed by atoms with Crippen molar-refractivity contribution in [2.45, 2.75) is 6.42 Å². The minimum absolute atomic E-state index is 0.103. The Morgan fingerprint density at radius 2 is 1.31 bits per heavy atom. The molecule has 0 saturated carbocycles. The summed E-state index contributed by atoms with van der Waals surface area (Å²) in [5, 5.41) is 9.77. The van der Waals surface area contributed by atoms with Crippen LogP contribution in [0, 0.1) is 0 Å². The van der Waals surface area contributed by atoms with Gasteiger partial charge in [-0.25, -0.2) is 0 Å². The Kier molecular flexibility index (Phi) is 7.62. The first kappa shape index (κ1) is 20.8. The van der Waals surface area contributed by atoms with E-state index in [-0.39, 0.29) is 6.61 Å². The normalized spacial score (nSPS) is 12.0. The van der Waals surface area contributed by atoms with Crippen LogP contribution in [0.25, 0.3) is 11.1 Å². The molecular weight excluding hydrogens is 358 g/mol. The summed E-state index contributed by atoms with van der Waals surface area (Å²) in [6.07, 6.45) is 0.593. The number of ether oxygens (including phenoxy) is 1. The quantitative estimate of drug-likeness (QED) is 0.526. The Bertz CT molecular complexity index is 900. The second kappa shape index (κ2) is 10.6. The summed E-state index contributed by atoms with van der Waals surface area (Å²) < 4.78 is 5.85. The number of nitrogens with zero attached hydrogens (tertiary/aromatic N) is 1. The minimum atomic E-state index is 0.103. The molecule has 0 aliphatic carbocycles. The van der Waals surface area contributed by atoms with E-state index in [2.05, 4.69) is 53.4 Å². The van der Waals surface area contributed by atoms with Crippen molar-refractivity contribution in [3.05, 3.63) is 102 Å². The molecule has 0 radical (unpaired) electrons. The van der Waals surface area contributed by atoms with Crippen molar-refractivity contribution >= 4 is 11.1 Å². The van der Waals surface area contributed by atoms with Crippen molar-refractivity contribution in [3.63, 3.8) is 0 Å². The molecule has 3 nitrogen and oxygen atoms in total. The summed E-state index contributed by atoms with van der Waals surface area (Å²) >= 11 is 0. The lowest BCUT2D eigenvalue weighted by Gasteiger charge is -2.17. The molecule has 0 amide bonds. The van der Waals surface area contributed by atoms with Gasteiger partial charge in [0.1, 0.15) is 12.4 Å². The van der Waals surface area contributed by atoms with Gasteiger partial charge in [-0.1, -0.05) is 72.8 Å². The van der Waals surface area contributed by atoms with Gasteiger partial charge in [-0.3, -0.25) is 0 Å². The lowest BCUT2D eigenvalue weighted by atomic mass is 9.88. The zero-order chi connectivity index (χ0) is 20.5. The predicted octanol–water partition coefficient (Wildman–Crippen LogP) is 4.97. The van der Waals surface area contributed by atoms with Gasteiger partial charge in [-0.05, 0) is 60.5 Å². The number of aliphatic hydroxyl groups is 1. The third-order valence-corrected chi connectivity index (χ3v) is 4.80. The Balaban J connectivity index is 2.02. The number of aliphatic hydroxyl groups excluding tert-OH is 1. The van der Waals surface area contributed by atoms with Crippen LogP contribution >= 0.6 is 0 Å². The highest BCUT2D eigenvalue weighted by Gasteiger charge is 2.14. The summed E-state index contributed by atoms with van der Waals surface area (Å²) in [6.45, 7) is 1.64. The lowest BCUT2D eigenvalue weighted by molar-refractivity contribution is 0.261. The van der Waals surface area contributed by atoms with E-state index in [1.807, 2.05) is 50.5 Å². The molecule has 0 atom stereocenters. The number of rotatable bonds is 9. The van der Waals surface area contributed by atoms with Crippen LogP contribution in [-0.4, -0.2) is 43.9 Å². The highest BCUT2D eigenvalue weighted by atomic mass is 16.5. The van der Waals surface area contributed by atoms with Crippen LogP contribution in [0.15, 0.2) is 84.9 Å². The Morgan fingerprint density at radius 3 is 1.86 bits per heavy atom. The van der Waals surface area contributed by atoms with Crippen LogP contribution in [-0.2, 0) is 0 Å². The summed E-state index contributed by atoms with van der Waals surface area (Å²) in [7, 11) is 4.07. The van der Waals surface area contributed by atoms with Gasteiger partial charge in [0.15, 0.2) is 0 Å². The molecule has 0 aromatic heterocycles. The smallest absolute Gasteiger partial charge is 0.119 e. The van der Waals surface area contributed by atoms with Crippen LogP contribution < -0.4 is 4.74 Å². The molecule has 29 heavy (non-hydrogen) atoms. The third kappa shape index (κ3) is 5.80. The molecule has 0 unspecified atom stereocenters. The van der Waals surface area contributed by atoms with Gasteiger partial charge >= 0.3 is 0 Å². The Morgan fingerprint density at radius 1 is 0.759 bits per heavy atom.